The van der Waals surface area contributed by atoms with E-state index in [9.17, 15) is 0 Å². The predicted octanol–water partition coefficient (Wildman–Crippen LogP) is 13.9. The molecule has 9 aromatic carbocycles. The van der Waals surface area contributed by atoms with Gasteiger partial charge in [-0.15, -0.1) is 0 Å². The monoisotopic (exact) mass is 636 g/mol. The van der Waals surface area contributed by atoms with Crippen molar-refractivity contribution in [2.45, 2.75) is 0 Å². The van der Waals surface area contributed by atoms with Crippen LogP contribution in [-0.2, 0) is 0 Å². The van der Waals surface area contributed by atoms with E-state index in [1.807, 2.05) is 12.1 Å². The number of para-hydroxylation sites is 2. The number of rotatable bonds is 3. The molecule has 0 bridgehead atoms. The number of hydrogen-bond acceptors (Lipinski definition) is 2. The molecule has 0 unspecified atom stereocenters. The van der Waals surface area contributed by atoms with Gasteiger partial charge in [0.2, 0.25) is 0 Å². The number of hydrogen-bond donors (Lipinski definition) is 0. The first-order valence-corrected chi connectivity index (χ1v) is 17.1. The highest BCUT2D eigenvalue weighted by Crippen LogP contribution is 2.49. The summed E-state index contributed by atoms with van der Waals surface area (Å²) in [5.41, 5.74) is 10.6. The minimum atomic E-state index is 0.863. The number of fused-ring (bicyclic) bond motifs is 10. The standard InChI is InChI=1S/C48H28O2/c1-2-12-29(13-3-1)30-22-23-32-27-33(25-24-31(32)26-30)44-34-14-4-6-16-36(34)45(37-17-7-5-15-35(37)44)40-28-43-46(38-18-8-10-20-41(38)49-43)47-39-19-9-11-21-42(39)50-48(40)47/h1-28H. The highest BCUT2D eigenvalue weighted by atomic mass is 16.3. The summed E-state index contributed by atoms with van der Waals surface area (Å²) in [4.78, 5) is 0. The van der Waals surface area contributed by atoms with Gasteiger partial charge in [-0.1, -0.05) is 140 Å². The fourth-order valence-electron chi connectivity index (χ4n) is 8.23. The average molecular weight is 637 g/mol. The zero-order chi connectivity index (χ0) is 32.8. The van der Waals surface area contributed by atoms with Crippen LogP contribution in [0.2, 0.25) is 0 Å². The highest BCUT2D eigenvalue weighted by Gasteiger charge is 2.24. The molecule has 0 aliphatic carbocycles. The summed E-state index contributed by atoms with van der Waals surface area (Å²) in [7, 11) is 0. The first-order valence-electron chi connectivity index (χ1n) is 17.1. The molecular formula is C48H28O2. The highest BCUT2D eigenvalue weighted by molar-refractivity contribution is 6.31. The van der Waals surface area contributed by atoms with Crippen LogP contribution >= 0.6 is 0 Å². The molecule has 0 spiro atoms. The van der Waals surface area contributed by atoms with Crippen molar-refractivity contribution in [1.29, 1.82) is 0 Å². The summed E-state index contributed by atoms with van der Waals surface area (Å²) in [5, 5.41) is 11.6. The van der Waals surface area contributed by atoms with Crippen LogP contribution in [0.3, 0.4) is 0 Å². The Bertz CT molecular complexity index is 3080. The van der Waals surface area contributed by atoms with Crippen LogP contribution in [0, 0.1) is 0 Å². The van der Waals surface area contributed by atoms with Gasteiger partial charge in [-0.25, -0.2) is 0 Å². The minimum absolute atomic E-state index is 0.863. The number of benzene rings is 9. The Morgan fingerprint density at radius 1 is 0.300 bits per heavy atom. The molecule has 0 aliphatic heterocycles. The Balaban J connectivity index is 1.22. The van der Waals surface area contributed by atoms with Crippen LogP contribution in [0.5, 0.6) is 0 Å². The van der Waals surface area contributed by atoms with E-state index >= 15 is 0 Å². The lowest BCUT2D eigenvalue weighted by atomic mass is 9.85. The summed E-state index contributed by atoms with van der Waals surface area (Å²) < 4.78 is 13.4. The maximum Gasteiger partial charge on any atom is 0.144 e. The molecule has 0 saturated carbocycles. The van der Waals surface area contributed by atoms with Crippen molar-refractivity contribution in [2.75, 3.05) is 0 Å². The van der Waals surface area contributed by atoms with Crippen LogP contribution in [0.1, 0.15) is 0 Å². The zero-order valence-electron chi connectivity index (χ0n) is 27.0. The van der Waals surface area contributed by atoms with Crippen molar-refractivity contribution in [3.8, 4) is 33.4 Å². The molecule has 2 aromatic heterocycles. The van der Waals surface area contributed by atoms with Gasteiger partial charge in [0.1, 0.15) is 22.3 Å². The summed E-state index contributed by atoms with van der Waals surface area (Å²) in [5.74, 6) is 0. The van der Waals surface area contributed by atoms with Gasteiger partial charge in [-0.3, -0.25) is 0 Å². The van der Waals surface area contributed by atoms with E-state index < -0.39 is 0 Å². The summed E-state index contributed by atoms with van der Waals surface area (Å²) in [6.45, 7) is 0. The van der Waals surface area contributed by atoms with Crippen LogP contribution in [0.15, 0.2) is 179 Å². The van der Waals surface area contributed by atoms with Crippen molar-refractivity contribution in [3.63, 3.8) is 0 Å². The van der Waals surface area contributed by atoms with Gasteiger partial charge in [-0.05, 0) is 84.9 Å². The summed E-state index contributed by atoms with van der Waals surface area (Å²) >= 11 is 0. The molecule has 0 atom stereocenters. The smallest absolute Gasteiger partial charge is 0.144 e. The van der Waals surface area contributed by atoms with Crippen molar-refractivity contribution in [1.82, 2.24) is 0 Å². The molecule has 11 rings (SSSR count). The molecule has 2 nitrogen and oxygen atoms in total. The molecule has 0 aliphatic rings. The molecule has 2 heteroatoms. The SMILES string of the molecule is c1ccc(-c2ccc3cc(-c4c5ccccc5c(-c5cc6oc7ccccc7c6c6c5oc5ccccc56)c5ccccc45)ccc3c2)cc1. The summed E-state index contributed by atoms with van der Waals surface area (Å²) in [6, 6.07) is 60.7. The van der Waals surface area contributed by atoms with Gasteiger partial charge >= 0.3 is 0 Å². The molecule has 2 heterocycles. The lowest BCUT2D eigenvalue weighted by molar-refractivity contribution is 0.664. The quantitative estimate of drug-likeness (QED) is 0.180. The van der Waals surface area contributed by atoms with Gasteiger partial charge in [0, 0.05) is 32.7 Å². The first kappa shape index (κ1) is 27.3. The fourth-order valence-corrected chi connectivity index (χ4v) is 8.23. The van der Waals surface area contributed by atoms with Gasteiger partial charge in [0.15, 0.2) is 0 Å². The lowest BCUT2D eigenvalue weighted by Gasteiger charge is -2.18. The molecule has 0 N–H and O–H groups in total. The van der Waals surface area contributed by atoms with Crippen molar-refractivity contribution >= 4 is 76.2 Å². The van der Waals surface area contributed by atoms with Crippen LogP contribution < -0.4 is 0 Å². The van der Waals surface area contributed by atoms with Gasteiger partial charge in [0.25, 0.3) is 0 Å². The van der Waals surface area contributed by atoms with Crippen molar-refractivity contribution in [2.24, 2.45) is 0 Å². The van der Waals surface area contributed by atoms with Crippen LogP contribution in [-0.4, -0.2) is 0 Å². The van der Waals surface area contributed by atoms with Gasteiger partial charge < -0.3 is 8.83 Å². The Kier molecular flexibility index (Phi) is 5.70. The van der Waals surface area contributed by atoms with Gasteiger partial charge in [-0.2, -0.15) is 0 Å². The Labute approximate surface area is 287 Å². The third-order valence-corrected chi connectivity index (χ3v) is 10.4. The Morgan fingerprint density at radius 2 is 0.800 bits per heavy atom. The summed E-state index contributed by atoms with van der Waals surface area (Å²) in [6.07, 6.45) is 0. The second kappa shape index (κ2) is 10.4. The molecule has 0 fully saturated rings. The molecule has 0 saturated heterocycles. The Morgan fingerprint density at radius 3 is 1.46 bits per heavy atom. The topological polar surface area (TPSA) is 26.3 Å². The van der Waals surface area contributed by atoms with Crippen molar-refractivity contribution in [3.05, 3.63) is 170 Å². The third-order valence-electron chi connectivity index (χ3n) is 10.4. The van der Waals surface area contributed by atoms with E-state index in [1.54, 1.807) is 0 Å². The van der Waals surface area contributed by atoms with E-state index in [-0.39, 0.29) is 0 Å². The van der Waals surface area contributed by atoms with Crippen molar-refractivity contribution < 1.29 is 8.83 Å². The second-order valence-electron chi connectivity index (χ2n) is 13.2. The first-order chi connectivity index (χ1) is 24.8. The lowest BCUT2D eigenvalue weighted by Crippen LogP contribution is -1.91. The molecule has 50 heavy (non-hydrogen) atoms. The predicted molar refractivity (Wildman–Crippen MR) is 210 cm³/mol. The van der Waals surface area contributed by atoms with E-state index in [1.165, 1.54) is 54.6 Å². The van der Waals surface area contributed by atoms with E-state index in [0.29, 0.717) is 0 Å². The molecular weight excluding hydrogens is 609 g/mol. The Hall–Kier alpha value is -6.64. The molecule has 0 radical (unpaired) electrons. The molecule has 0 amide bonds. The molecule has 11 aromatic rings. The maximum atomic E-state index is 6.83. The molecule has 232 valence electrons. The average Bonchev–Trinajstić information content (AvgIpc) is 3.75. The largest absolute Gasteiger partial charge is 0.456 e. The van der Waals surface area contributed by atoms with E-state index in [2.05, 4.69) is 158 Å². The normalized spacial score (nSPS) is 12.0. The second-order valence-corrected chi connectivity index (χ2v) is 13.2. The fraction of sp³-hybridized carbons (Fsp3) is 0. The minimum Gasteiger partial charge on any atom is -0.456 e. The van der Waals surface area contributed by atoms with Gasteiger partial charge in [0.05, 0.1) is 0 Å². The number of furan rings is 2. The zero-order valence-corrected chi connectivity index (χ0v) is 27.0. The van der Waals surface area contributed by atoms with Crippen LogP contribution in [0.25, 0.3) is 110 Å². The van der Waals surface area contributed by atoms with Crippen LogP contribution in [0.4, 0.5) is 0 Å². The van der Waals surface area contributed by atoms with E-state index in [4.69, 9.17) is 8.83 Å². The van der Waals surface area contributed by atoms with E-state index in [0.717, 1.165) is 55.0 Å². The third kappa shape index (κ3) is 3.90. The maximum absolute atomic E-state index is 6.83.